The van der Waals surface area contributed by atoms with E-state index in [-0.39, 0.29) is 23.8 Å². The lowest BCUT2D eigenvalue weighted by atomic mass is 9.98. The smallest absolute Gasteiger partial charge is 0.224 e. The molecule has 0 saturated heterocycles. The summed E-state index contributed by atoms with van der Waals surface area (Å²) in [6.07, 6.45) is 2.22. The highest BCUT2D eigenvalue weighted by Crippen LogP contribution is 2.37. The van der Waals surface area contributed by atoms with Crippen LogP contribution in [0.2, 0.25) is 0 Å². The zero-order valence-electron chi connectivity index (χ0n) is 14.8. The molecule has 2 N–H and O–H groups in total. The van der Waals surface area contributed by atoms with Crippen LogP contribution >= 0.6 is 0 Å². The van der Waals surface area contributed by atoms with E-state index in [0.29, 0.717) is 18.9 Å². The van der Waals surface area contributed by atoms with Gasteiger partial charge in [0.1, 0.15) is 0 Å². The average Bonchev–Trinajstić information content (AvgIpc) is 3.21. The Balaban J connectivity index is 1.39. The summed E-state index contributed by atoms with van der Waals surface area (Å²) in [6, 6.07) is 8.36. The van der Waals surface area contributed by atoms with Gasteiger partial charge in [0, 0.05) is 42.0 Å². The van der Waals surface area contributed by atoms with Crippen molar-refractivity contribution in [3.63, 3.8) is 0 Å². The highest BCUT2D eigenvalue weighted by Gasteiger charge is 2.39. The van der Waals surface area contributed by atoms with Crippen LogP contribution in [0, 0.1) is 11.8 Å². The minimum atomic E-state index is 0.0443. The van der Waals surface area contributed by atoms with Gasteiger partial charge in [-0.25, -0.2) is 0 Å². The summed E-state index contributed by atoms with van der Waals surface area (Å²) >= 11 is 0. The predicted octanol–water partition coefficient (Wildman–Crippen LogP) is 2.78. The number of hydrogen-bond acceptors (Lipinski definition) is 2. The Kier molecular flexibility index (Phi) is 4.02. The van der Waals surface area contributed by atoms with Crippen LogP contribution in [-0.2, 0) is 16.0 Å². The minimum absolute atomic E-state index is 0.0443. The summed E-state index contributed by atoms with van der Waals surface area (Å²) in [4.78, 5) is 29.9. The molecule has 4 rings (SSSR count). The number of amides is 2. The Bertz CT molecular complexity index is 825. The molecule has 2 aromatic rings. The van der Waals surface area contributed by atoms with Gasteiger partial charge in [0.05, 0.1) is 6.04 Å². The van der Waals surface area contributed by atoms with Crippen molar-refractivity contribution < 1.29 is 9.59 Å². The van der Waals surface area contributed by atoms with E-state index in [1.807, 2.05) is 11.0 Å². The normalized spacial score (nSPS) is 24.9. The highest BCUT2D eigenvalue weighted by molar-refractivity contribution is 5.86. The van der Waals surface area contributed by atoms with E-state index in [1.54, 1.807) is 0 Å². The maximum Gasteiger partial charge on any atom is 0.224 e. The number of aromatic nitrogens is 1. The largest absolute Gasteiger partial charge is 0.356 e. The Morgan fingerprint density at radius 3 is 2.80 bits per heavy atom. The molecule has 5 heteroatoms. The first-order valence-electron chi connectivity index (χ1n) is 9.23. The second-order valence-corrected chi connectivity index (χ2v) is 7.44. The lowest BCUT2D eigenvalue weighted by Gasteiger charge is -2.33. The first-order valence-corrected chi connectivity index (χ1v) is 9.23. The monoisotopic (exact) mass is 339 g/mol. The maximum atomic E-state index is 12.6. The summed E-state index contributed by atoms with van der Waals surface area (Å²) in [6.45, 7) is 5.34. The molecule has 0 spiro atoms. The van der Waals surface area contributed by atoms with Gasteiger partial charge < -0.3 is 15.2 Å². The van der Waals surface area contributed by atoms with Gasteiger partial charge in [0.2, 0.25) is 11.8 Å². The number of hydrogen-bond donors (Lipinski definition) is 2. The molecule has 5 nitrogen and oxygen atoms in total. The molecule has 2 heterocycles. The van der Waals surface area contributed by atoms with Crippen LogP contribution in [0.3, 0.4) is 0 Å². The topological polar surface area (TPSA) is 65.2 Å². The molecule has 3 atom stereocenters. The van der Waals surface area contributed by atoms with Crippen molar-refractivity contribution in [2.45, 2.75) is 39.2 Å². The number of benzene rings is 1. The van der Waals surface area contributed by atoms with E-state index in [1.165, 1.54) is 10.9 Å². The molecule has 2 amide bonds. The molecular weight excluding hydrogens is 314 g/mol. The van der Waals surface area contributed by atoms with Crippen molar-refractivity contribution in [3.8, 4) is 0 Å². The molecule has 1 aliphatic heterocycles. The summed E-state index contributed by atoms with van der Waals surface area (Å²) in [7, 11) is 0. The van der Waals surface area contributed by atoms with E-state index in [0.717, 1.165) is 30.6 Å². The molecule has 2 aliphatic rings. The summed E-state index contributed by atoms with van der Waals surface area (Å²) in [5, 5.41) is 4.17. The van der Waals surface area contributed by atoms with E-state index in [4.69, 9.17) is 0 Å². The van der Waals surface area contributed by atoms with Crippen molar-refractivity contribution >= 4 is 22.7 Å². The Morgan fingerprint density at radius 1 is 1.28 bits per heavy atom. The summed E-state index contributed by atoms with van der Waals surface area (Å²) in [5.74, 6) is 0.877. The number of para-hydroxylation sites is 1. The molecule has 0 unspecified atom stereocenters. The average molecular weight is 339 g/mol. The molecule has 1 saturated carbocycles. The number of fused-ring (bicyclic) bond motifs is 3. The maximum absolute atomic E-state index is 12.6. The fourth-order valence-electron chi connectivity index (χ4n) is 4.02. The standard InChI is InChI=1S/C20H25N3O2/c1-12-11-16(12)20(25)21-9-7-18(24)23-10-8-15-14-5-3-4-6-17(14)22-19(15)13(23)2/h3-6,12-13,16,22H,7-11H2,1-2H3,(H,21,25)/t12-,13-,16+/m1/s1. The molecule has 1 fully saturated rings. The number of aromatic amines is 1. The van der Waals surface area contributed by atoms with Gasteiger partial charge in [-0.2, -0.15) is 0 Å². The molecular formula is C20H25N3O2. The van der Waals surface area contributed by atoms with Gasteiger partial charge in [-0.1, -0.05) is 25.1 Å². The Hall–Kier alpha value is -2.30. The van der Waals surface area contributed by atoms with Crippen molar-refractivity contribution in [2.24, 2.45) is 11.8 Å². The van der Waals surface area contributed by atoms with Crippen LogP contribution in [0.15, 0.2) is 24.3 Å². The molecule has 132 valence electrons. The molecule has 1 aromatic carbocycles. The van der Waals surface area contributed by atoms with Crippen molar-refractivity contribution in [2.75, 3.05) is 13.1 Å². The van der Waals surface area contributed by atoms with Crippen LogP contribution in [0.5, 0.6) is 0 Å². The van der Waals surface area contributed by atoms with Gasteiger partial charge >= 0.3 is 0 Å². The molecule has 25 heavy (non-hydrogen) atoms. The number of carbonyl (C=O) groups excluding carboxylic acids is 2. The van der Waals surface area contributed by atoms with E-state index >= 15 is 0 Å². The minimum Gasteiger partial charge on any atom is -0.356 e. The van der Waals surface area contributed by atoms with E-state index in [2.05, 4.69) is 42.3 Å². The SMILES string of the molecule is C[C@@H]1C[C@@H]1C(=O)NCCC(=O)N1CCc2c([nH]c3ccccc23)[C@H]1C. The number of rotatable bonds is 4. The summed E-state index contributed by atoms with van der Waals surface area (Å²) in [5.41, 5.74) is 3.62. The Morgan fingerprint density at radius 2 is 2.04 bits per heavy atom. The zero-order chi connectivity index (χ0) is 17.6. The van der Waals surface area contributed by atoms with Crippen LogP contribution in [0.4, 0.5) is 0 Å². The molecule has 0 radical (unpaired) electrons. The van der Waals surface area contributed by atoms with Gasteiger partial charge in [0.15, 0.2) is 0 Å². The van der Waals surface area contributed by atoms with Crippen LogP contribution in [-0.4, -0.2) is 34.8 Å². The number of H-pyrrole nitrogens is 1. The van der Waals surface area contributed by atoms with Gasteiger partial charge in [-0.15, -0.1) is 0 Å². The zero-order valence-corrected chi connectivity index (χ0v) is 14.8. The van der Waals surface area contributed by atoms with Gasteiger partial charge in [-0.3, -0.25) is 9.59 Å². The van der Waals surface area contributed by atoms with Gasteiger partial charge in [-0.05, 0) is 37.3 Å². The van der Waals surface area contributed by atoms with Crippen molar-refractivity contribution in [1.29, 1.82) is 0 Å². The van der Waals surface area contributed by atoms with Crippen molar-refractivity contribution in [1.82, 2.24) is 15.2 Å². The first kappa shape index (κ1) is 16.2. The second-order valence-electron chi connectivity index (χ2n) is 7.44. The highest BCUT2D eigenvalue weighted by atomic mass is 16.2. The third-order valence-electron chi connectivity index (χ3n) is 5.74. The van der Waals surface area contributed by atoms with Crippen LogP contribution < -0.4 is 5.32 Å². The fraction of sp³-hybridized carbons (Fsp3) is 0.500. The molecule has 0 bridgehead atoms. The number of nitrogens with one attached hydrogen (secondary N) is 2. The molecule has 1 aromatic heterocycles. The van der Waals surface area contributed by atoms with E-state index < -0.39 is 0 Å². The first-order chi connectivity index (χ1) is 12.1. The lowest BCUT2D eigenvalue weighted by molar-refractivity contribution is -0.133. The van der Waals surface area contributed by atoms with Gasteiger partial charge in [0.25, 0.3) is 0 Å². The molecule has 1 aliphatic carbocycles. The van der Waals surface area contributed by atoms with Crippen LogP contribution in [0.25, 0.3) is 10.9 Å². The van der Waals surface area contributed by atoms with Crippen molar-refractivity contribution in [3.05, 3.63) is 35.5 Å². The number of nitrogens with zero attached hydrogens (tertiary/aromatic N) is 1. The quantitative estimate of drug-likeness (QED) is 0.899. The third kappa shape index (κ3) is 2.92. The van der Waals surface area contributed by atoms with Crippen LogP contribution in [0.1, 0.15) is 44.0 Å². The predicted molar refractivity (Wildman–Crippen MR) is 97.0 cm³/mol. The Labute approximate surface area is 147 Å². The second kappa shape index (κ2) is 6.21. The lowest BCUT2D eigenvalue weighted by Crippen LogP contribution is -2.40. The fourth-order valence-corrected chi connectivity index (χ4v) is 4.02. The number of carbonyl (C=O) groups is 2. The van der Waals surface area contributed by atoms with E-state index in [9.17, 15) is 9.59 Å². The third-order valence-corrected chi connectivity index (χ3v) is 5.74. The summed E-state index contributed by atoms with van der Waals surface area (Å²) < 4.78 is 0.